The van der Waals surface area contributed by atoms with Gasteiger partial charge in [-0.1, -0.05) is 31.2 Å². The number of aromatic nitrogens is 4. The Bertz CT molecular complexity index is 584. The highest BCUT2D eigenvalue weighted by Gasteiger charge is 2.12. The summed E-state index contributed by atoms with van der Waals surface area (Å²) < 4.78 is 7.38. The van der Waals surface area contributed by atoms with E-state index in [0.717, 1.165) is 12.7 Å². The van der Waals surface area contributed by atoms with Crippen molar-refractivity contribution in [3.05, 3.63) is 29.8 Å². The molecule has 8 heteroatoms. The molecule has 0 aliphatic heterocycles. The van der Waals surface area contributed by atoms with E-state index in [2.05, 4.69) is 40.0 Å². The van der Waals surface area contributed by atoms with Crippen LogP contribution in [0.2, 0.25) is 30.8 Å². The van der Waals surface area contributed by atoms with Crippen molar-refractivity contribution in [3.63, 3.8) is 0 Å². The Morgan fingerprint density at radius 3 is 2.81 bits per heavy atom. The number of hydrogen-bond acceptors (Lipinski definition) is 5. The molecule has 0 bridgehead atoms. The number of halogens is 1. The summed E-state index contributed by atoms with van der Waals surface area (Å²) in [4.78, 5) is 8.05. The second-order valence-electron chi connectivity index (χ2n) is 5.94. The zero-order chi connectivity index (χ0) is 15.3. The molecule has 0 aliphatic rings. The molecule has 21 heavy (non-hydrogen) atoms. The van der Waals surface area contributed by atoms with Gasteiger partial charge in [-0.05, 0) is 6.04 Å². The van der Waals surface area contributed by atoms with Crippen molar-refractivity contribution in [1.29, 1.82) is 0 Å². The highest BCUT2D eigenvalue weighted by molar-refractivity contribution is 6.76. The summed E-state index contributed by atoms with van der Waals surface area (Å²) >= 11 is 5.78. The van der Waals surface area contributed by atoms with Crippen molar-refractivity contribution in [2.45, 2.75) is 32.4 Å². The molecule has 114 valence electrons. The first-order valence-corrected chi connectivity index (χ1v) is 10.9. The molecule has 6 nitrogen and oxygen atoms in total. The fraction of sp³-hybridized carbons (Fsp3) is 0.462. The molecule has 0 aromatic carbocycles. The van der Waals surface area contributed by atoms with E-state index < -0.39 is 8.07 Å². The van der Waals surface area contributed by atoms with Crippen molar-refractivity contribution < 1.29 is 4.74 Å². The number of anilines is 2. The van der Waals surface area contributed by atoms with Crippen LogP contribution in [0.15, 0.2) is 24.7 Å². The first-order chi connectivity index (χ1) is 9.92. The maximum atomic E-state index is 5.78. The van der Waals surface area contributed by atoms with E-state index in [1.807, 2.05) is 12.3 Å². The largest absolute Gasteiger partial charge is 0.360 e. The third-order valence-electron chi connectivity index (χ3n) is 2.72. The van der Waals surface area contributed by atoms with Gasteiger partial charge in [0, 0.05) is 26.9 Å². The predicted molar refractivity (Wildman–Crippen MR) is 86.7 cm³/mol. The number of nitrogens with one attached hydrogen (secondary N) is 1. The van der Waals surface area contributed by atoms with Crippen molar-refractivity contribution in [1.82, 2.24) is 19.7 Å². The third kappa shape index (κ3) is 5.82. The van der Waals surface area contributed by atoms with Crippen LogP contribution in [-0.2, 0) is 11.5 Å². The Morgan fingerprint density at radius 1 is 1.29 bits per heavy atom. The average molecular weight is 326 g/mol. The van der Waals surface area contributed by atoms with E-state index in [9.17, 15) is 0 Å². The van der Waals surface area contributed by atoms with Crippen molar-refractivity contribution in [2.24, 2.45) is 0 Å². The van der Waals surface area contributed by atoms with Gasteiger partial charge in [-0.15, -0.1) is 0 Å². The van der Waals surface area contributed by atoms with Crippen LogP contribution < -0.4 is 5.32 Å². The molecule has 2 rings (SSSR count). The van der Waals surface area contributed by atoms with Gasteiger partial charge < -0.3 is 10.1 Å². The van der Waals surface area contributed by atoms with E-state index in [1.165, 1.54) is 6.20 Å². The molecule has 0 spiro atoms. The molecule has 0 saturated heterocycles. The van der Waals surface area contributed by atoms with Gasteiger partial charge in [0.05, 0.1) is 12.4 Å². The van der Waals surface area contributed by atoms with E-state index in [1.54, 1.807) is 10.9 Å². The minimum Gasteiger partial charge on any atom is -0.360 e. The minimum absolute atomic E-state index is 0.342. The van der Waals surface area contributed by atoms with Crippen LogP contribution in [0, 0.1) is 0 Å². The molecular formula is C13H20ClN5OSi. The molecule has 2 aromatic rings. The van der Waals surface area contributed by atoms with Crippen LogP contribution in [0.5, 0.6) is 0 Å². The number of ether oxygens (including phenoxy) is 1. The van der Waals surface area contributed by atoms with Crippen molar-refractivity contribution in [2.75, 3.05) is 11.9 Å². The topological polar surface area (TPSA) is 64.9 Å². The van der Waals surface area contributed by atoms with Crippen molar-refractivity contribution >= 4 is 31.3 Å². The molecule has 2 heterocycles. The first-order valence-electron chi connectivity index (χ1n) is 6.78. The zero-order valence-electron chi connectivity index (χ0n) is 12.5. The predicted octanol–water partition coefficient (Wildman–Crippen LogP) is 3.38. The summed E-state index contributed by atoms with van der Waals surface area (Å²) in [6.45, 7) is 8.22. The Labute approximate surface area is 130 Å². The van der Waals surface area contributed by atoms with Crippen LogP contribution in [-0.4, -0.2) is 34.4 Å². The molecular weight excluding hydrogens is 306 g/mol. The van der Waals surface area contributed by atoms with Crippen molar-refractivity contribution in [3.8, 4) is 0 Å². The summed E-state index contributed by atoms with van der Waals surface area (Å²) in [5, 5.41) is 7.73. The van der Waals surface area contributed by atoms with Crippen LogP contribution in [0.25, 0.3) is 0 Å². The molecule has 0 amide bonds. The van der Waals surface area contributed by atoms with Gasteiger partial charge in [0.1, 0.15) is 11.9 Å². The maximum Gasteiger partial charge on any atom is 0.153 e. The monoisotopic (exact) mass is 325 g/mol. The third-order valence-corrected chi connectivity index (χ3v) is 4.61. The first kappa shape index (κ1) is 15.9. The Hall–Kier alpha value is -1.44. The quantitative estimate of drug-likeness (QED) is 0.624. The lowest BCUT2D eigenvalue weighted by molar-refractivity contribution is 0.0788. The molecule has 1 N–H and O–H groups in total. The molecule has 0 unspecified atom stereocenters. The summed E-state index contributed by atoms with van der Waals surface area (Å²) in [7, 11) is -1.04. The minimum atomic E-state index is -1.04. The lowest BCUT2D eigenvalue weighted by atomic mass is 10.6. The Balaban J connectivity index is 1.81. The van der Waals surface area contributed by atoms with E-state index in [-0.39, 0.29) is 0 Å². The van der Waals surface area contributed by atoms with Gasteiger partial charge in [0.2, 0.25) is 0 Å². The van der Waals surface area contributed by atoms with Crippen LogP contribution in [0.3, 0.4) is 0 Å². The SMILES string of the molecule is C[Si](C)(C)CCOCn1ccc(Nc2cncc(Cl)n2)n1. The highest BCUT2D eigenvalue weighted by atomic mass is 35.5. The normalized spacial score (nSPS) is 11.6. The second-order valence-corrected chi connectivity index (χ2v) is 11.9. The van der Waals surface area contributed by atoms with Gasteiger partial charge in [0.25, 0.3) is 0 Å². The van der Waals surface area contributed by atoms with Gasteiger partial charge in [-0.2, -0.15) is 5.10 Å². The van der Waals surface area contributed by atoms with Crippen LogP contribution in [0.4, 0.5) is 11.6 Å². The van der Waals surface area contributed by atoms with E-state index in [0.29, 0.717) is 23.5 Å². The van der Waals surface area contributed by atoms with E-state index in [4.69, 9.17) is 16.3 Å². The summed E-state index contributed by atoms with van der Waals surface area (Å²) in [5.41, 5.74) is 0. The summed E-state index contributed by atoms with van der Waals surface area (Å²) in [6, 6.07) is 3.00. The molecule has 0 saturated carbocycles. The van der Waals surface area contributed by atoms with Gasteiger partial charge in [-0.25, -0.2) is 9.67 Å². The number of rotatable bonds is 7. The lowest BCUT2D eigenvalue weighted by Gasteiger charge is -2.15. The fourth-order valence-corrected chi connectivity index (χ4v) is 2.47. The van der Waals surface area contributed by atoms with E-state index >= 15 is 0 Å². The van der Waals surface area contributed by atoms with Gasteiger partial charge in [0.15, 0.2) is 11.6 Å². The number of nitrogens with zero attached hydrogens (tertiary/aromatic N) is 4. The molecule has 2 aromatic heterocycles. The van der Waals surface area contributed by atoms with Gasteiger partial charge >= 0.3 is 0 Å². The van der Waals surface area contributed by atoms with Crippen LogP contribution in [0.1, 0.15) is 0 Å². The zero-order valence-corrected chi connectivity index (χ0v) is 14.3. The highest BCUT2D eigenvalue weighted by Crippen LogP contribution is 2.13. The molecule has 0 fully saturated rings. The molecule has 0 aliphatic carbocycles. The molecule has 0 radical (unpaired) electrons. The maximum absolute atomic E-state index is 5.78. The summed E-state index contributed by atoms with van der Waals surface area (Å²) in [6.07, 6.45) is 4.93. The second kappa shape index (κ2) is 7.01. The summed E-state index contributed by atoms with van der Waals surface area (Å²) in [5.74, 6) is 1.24. The lowest BCUT2D eigenvalue weighted by Crippen LogP contribution is -2.22. The van der Waals surface area contributed by atoms with Crippen LogP contribution >= 0.6 is 11.6 Å². The fourth-order valence-electron chi connectivity index (χ4n) is 1.57. The standard InChI is InChI=1S/C13H20ClN5OSi/c1-21(2,3)7-6-20-10-19-5-4-12(18-19)17-13-9-15-8-11(14)16-13/h4-5,8-9H,6-7,10H2,1-3H3,(H,16,17,18). The average Bonchev–Trinajstić information content (AvgIpc) is 2.81. The number of hydrogen-bond donors (Lipinski definition) is 1. The van der Waals surface area contributed by atoms with Gasteiger partial charge in [-0.3, -0.25) is 4.98 Å². The Morgan fingerprint density at radius 2 is 2.10 bits per heavy atom. The Kier molecular flexibility index (Phi) is 5.32. The smallest absolute Gasteiger partial charge is 0.153 e. The molecule has 0 atom stereocenters.